The summed E-state index contributed by atoms with van der Waals surface area (Å²) in [5.74, 6) is 0.00486. The van der Waals surface area contributed by atoms with Crippen LogP contribution in [0, 0.1) is 11.3 Å². The number of hydrogen-bond acceptors (Lipinski definition) is 2. The Labute approximate surface area is 90.7 Å². The molecular weight excluding hydrogens is 212 g/mol. The Morgan fingerprint density at radius 3 is 2.62 bits per heavy atom. The molecule has 0 amide bonds. The Bertz CT molecular complexity index is 560. The SMILES string of the molecule is N#Cc1cc(OC(F)F)cc2ccccc12. The number of nitriles is 1. The van der Waals surface area contributed by atoms with E-state index >= 15 is 0 Å². The van der Waals surface area contributed by atoms with Gasteiger partial charge in [0.05, 0.1) is 11.6 Å². The van der Waals surface area contributed by atoms with Crippen molar-refractivity contribution in [2.24, 2.45) is 0 Å². The van der Waals surface area contributed by atoms with Crippen LogP contribution in [0.5, 0.6) is 5.75 Å². The van der Waals surface area contributed by atoms with Crippen molar-refractivity contribution in [2.75, 3.05) is 0 Å². The fourth-order valence-corrected chi connectivity index (χ4v) is 1.55. The van der Waals surface area contributed by atoms with Crippen molar-refractivity contribution < 1.29 is 13.5 Å². The monoisotopic (exact) mass is 219 g/mol. The molecule has 2 aromatic rings. The summed E-state index contributed by atoms with van der Waals surface area (Å²) >= 11 is 0. The average Bonchev–Trinajstić information content (AvgIpc) is 2.27. The van der Waals surface area contributed by atoms with Gasteiger partial charge in [-0.1, -0.05) is 24.3 Å². The molecule has 0 fully saturated rings. The van der Waals surface area contributed by atoms with Gasteiger partial charge in [-0.05, 0) is 22.9 Å². The summed E-state index contributed by atoms with van der Waals surface area (Å²) in [6.45, 7) is -2.88. The summed E-state index contributed by atoms with van der Waals surface area (Å²) in [7, 11) is 0. The van der Waals surface area contributed by atoms with E-state index in [-0.39, 0.29) is 5.75 Å². The van der Waals surface area contributed by atoms with E-state index in [1.165, 1.54) is 12.1 Å². The van der Waals surface area contributed by atoms with Crippen molar-refractivity contribution in [3.63, 3.8) is 0 Å². The first kappa shape index (κ1) is 10.4. The maximum atomic E-state index is 12.1. The summed E-state index contributed by atoms with van der Waals surface area (Å²) < 4.78 is 28.4. The summed E-state index contributed by atoms with van der Waals surface area (Å²) in [5, 5.41) is 10.3. The number of alkyl halides is 2. The molecular formula is C12H7F2NO. The van der Waals surface area contributed by atoms with Gasteiger partial charge in [0.25, 0.3) is 0 Å². The molecule has 0 heterocycles. The minimum absolute atomic E-state index is 0.00486. The van der Waals surface area contributed by atoms with E-state index in [1.807, 2.05) is 6.07 Å². The highest BCUT2D eigenvalue weighted by molar-refractivity contribution is 5.89. The Kier molecular flexibility index (Phi) is 2.69. The lowest BCUT2D eigenvalue weighted by Crippen LogP contribution is -2.02. The van der Waals surface area contributed by atoms with Gasteiger partial charge < -0.3 is 4.74 Å². The Morgan fingerprint density at radius 1 is 1.19 bits per heavy atom. The van der Waals surface area contributed by atoms with Crippen LogP contribution in [0.2, 0.25) is 0 Å². The maximum Gasteiger partial charge on any atom is 0.387 e. The molecule has 0 bridgehead atoms. The van der Waals surface area contributed by atoms with Crippen molar-refractivity contribution in [3.8, 4) is 11.8 Å². The Morgan fingerprint density at radius 2 is 1.94 bits per heavy atom. The number of fused-ring (bicyclic) bond motifs is 1. The number of ether oxygens (including phenoxy) is 1. The molecule has 0 aliphatic rings. The molecule has 4 heteroatoms. The van der Waals surface area contributed by atoms with Gasteiger partial charge >= 0.3 is 6.61 Å². The molecule has 2 nitrogen and oxygen atoms in total. The smallest absolute Gasteiger partial charge is 0.387 e. The van der Waals surface area contributed by atoms with Crippen molar-refractivity contribution in [3.05, 3.63) is 42.0 Å². The number of rotatable bonds is 2. The van der Waals surface area contributed by atoms with Crippen LogP contribution in [0.1, 0.15) is 5.56 Å². The molecule has 0 N–H and O–H groups in total. The van der Waals surface area contributed by atoms with E-state index in [0.29, 0.717) is 10.9 Å². The lowest BCUT2D eigenvalue weighted by Gasteiger charge is -2.07. The van der Waals surface area contributed by atoms with E-state index in [2.05, 4.69) is 4.74 Å². The van der Waals surface area contributed by atoms with E-state index in [1.54, 1.807) is 24.3 Å². The lowest BCUT2D eigenvalue weighted by atomic mass is 10.1. The summed E-state index contributed by atoms with van der Waals surface area (Å²) in [5.41, 5.74) is 0.328. The topological polar surface area (TPSA) is 33.0 Å². The predicted molar refractivity (Wildman–Crippen MR) is 55.3 cm³/mol. The van der Waals surface area contributed by atoms with Crippen molar-refractivity contribution >= 4 is 10.8 Å². The van der Waals surface area contributed by atoms with Crippen LogP contribution in [-0.4, -0.2) is 6.61 Å². The van der Waals surface area contributed by atoms with Gasteiger partial charge in [0, 0.05) is 0 Å². The van der Waals surface area contributed by atoms with Crippen molar-refractivity contribution in [1.82, 2.24) is 0 Å². The normalized spacial score (nSPS) is 10.4. The zero-order valence-corrected chi connectivity index (χ0v) is 8.15. The number of hydrogen-bond donors (Lipinski definition) is 0. The van der Waals surface area contributed by atoms with Gasteiger partial charge in [-0.15, -0.1) is 0 Å². The molecule has 0 atom stereocenters. The zero-order valence-electron chi connectivity index (χ0n) is 8.15. The molecule has 0 unspecified atom stereocenters. The molecule has 0 radical (unpaired) electrons. The lowest BCUT2D eigenvalue weighted by molar-refractivity contribution is -0.0497. The fourth-order valence-electron chi connectivity index (χ4n) is 1.55. The molecule has 0 saturated carbocycles. The highest BCUT2D eigenvalue weighted by atomic mass is 19.3. The molecule has 0 spiro atoms. The van der Waals surface area contributed by atoms with E-state index < -0.39 is 6.61 Å². The predicted octanol–water partition coefficient (Wildman–Crippen LogP) is 3.31. The first-order chi connectivity index (χ1) is 7.70. The van der Waals surface area contributed by atoms with Gasteiger partial charge in [0.15, 0.2) is 0 Å². The molecule has 80 valence electrons. The minimum atomic E-state index is -2.88. The second-order valence-electron chi connectivity index (χ2n) is 3.18. The van der Waals surface area contributed by atoms with Crippen LogP contribution >= 0.6 is 0 Å². The van der Waals surface area contributed by atoms with Crippen LogP contribution < -0.4 is 4.74 Å². The first-order valence-electron chi connectivity index (χ1n) is 4.58. The maximum absolute atomic E-state index is 12.1. The standard InChI is InChI=1S/C12H7F2NO/c13-12(14)16-10-5-8-3-1-2-4-11(8)9(6-10)7-15/h1-6,12H. The van der Waals surface area contributed by atoms with Crippen molar-refractivity contribution in [2.45, 2.75) is 6.61 Å². The molecule has 0 aliphatic heterocycles. The number of benzene rings is 2. The van der Waals surface area contributed by atoms with Gasteiger partial charge in [-0.2, -0.15) is 14.0 Å². The first-order valence-corrected chi connectivity index (χ1v) is 4.58. The molecule has 0 saturated heterocycles. The Hall–Kier alpha value is -2.15. The van der Waals surface area contributed by atoms with Crippen LogP contribution in [0.4, 0.5) is 8.78 Å². The van der Waals surface area contributed by atoms with E-state index in [9.17, 15) is 8.78 Å². The largest absolute Gasteiger partial charge is 0.435 e. The quantitative estimate of drug-likeness (QED) is 0.776. The molecule has 16 heavy (non-hydrogen) atoms. The van der Waals surface area contributed by atoms with Gasteiger partial charge in [-0.3, -0.25) is 0 Å². The van der Waals surface area contributed by atoms with Crippen molar-refractivity contribution in [1.29, 1.82) is 5.26 Å². The van der Waals surface area contributed by atoms with Crippen LogP contribution in [0.15, 0.2) is 36.4 Å². The van der Waals surface area contributed by atoms with Gasteiger partial charge in [0.2, 0.25) is 0 Å². The van der Waals surface area contributed by atoms with Crippen LogP contribution in [-0.2, 0) is 0 Å². The van der Waals surface area contributed by atoms with Gasteiger partial charge in [-0.25, -0.2) is 0 Å². The van der Waals surface area contributed by atoms with E-state index in [0.717, 1.165) is 5.39 Å². The second kappa shape index (κ2) is 4.15. The summed E-state index contributed by atoms with van der Waals surface area (Å²) in [6, 6.07) is 11.8. The van der Waals surface area contributed by atoms with Crippen LogP contribution in [0.3, 0.4) is 0 Å². The fraction of sp³-hybridized carbons (Fsp3) is 0.0833. The summed E-state index contributed by atoms with van der Waals surface area (Å²) in [4.78, 5) is 0. The molecule has 2 aromatic carbocycles. The third-order valence-electron chi connectivity index (χ3n) is 2.18. The number of nitrogens with zero attached hydrogens (tertiary/aromatic N) is 1. The number of halogens is 2. The average molecular weight is 219 g/mol. The van der Waals surface area contributed by atoms with Gasteiger partial charge in [0.1, 0.15) is 5.75 Å². The minimum Gasteiger partial charge on any atom is -0.435 e. The third-order valence-corrected chi connectivity index (χ3v) is 2.18. The second-order valence-corrected chi connectivity index (χ2v) is 3.18. The molecule has 0 aliphatic carbocycles. The van der Waals surface area contributed by atoms with Crippen LogP contribution in [0.25, 0.3) is 10.8 Å². The Balaban J connectivity index is 2.60. The highest BCUT2D eigenvalue weighted by Gasteiger charge is 2.08. The third kappa shape index (κ3) is 1.94. The zero-order chi connectivity index (χ0) is 11.5. The van der Waals surface area contributed by atoms with E-state index in [4.69, 9.17) is 5.26 Å². The molecule has 2 rings (SSSR count). The highest BCUT2D eigenvalue weighted by Crippen LogP contribution is 2.25. The molecule has 0 aromatic heterocycles. The summed E-state index contributed by atoms with van der Waals surface area (Å²) in [6.07, 6.45) is 0.